The van der Waals surface area contributed by atoms with Crippen molar-refractivity contribution in [3.05, 3.63) is 53.3 Å². The molecule has 2 rings (SSSR count). The van der Waals surface area contributed by atoms with Gasteiger partial charge in [-0.25, -0.2) is 9.18 Å². The van der Waals surface area contributed by atoms with Crippen LogP contribution in [0.2, 0.25) is 0 Å². The fourth-order valence-electron chi connectivity index (χ4n) is 2.07. The molecule has 0 heterocycles. The summed E-state index contributed by atoms with van der Waals surface area (Å²) in [4.78, 5) is 23.8. The zero-order valence-electron chi connectivity index (χ0n) is 14.4. The summed E-state index contributed by atoms with van der Waals surface area (Å²) in [5, 5.41) is 2.39. The molecular formula is C18H16F3NO5. The topological polar surface area (TPSA) is 73.9 Å². The Morgan fingerprint density at radius 1 is 1.11 bits per heavy atom. The number of hydrogen-bond acceptors (Lipinski definition) is 5. The molecule has 9 heteroatoms. The van der Waals surface area contributed by atoms with Gasteiger partial charge in [0.05, 0.1) is 12.7 Å². The second-order valence-corrected chi connectivity index (χ2v) is 5.33. The molecule has 2 aromatic carbocycles. The number of carbonyl (C=O) groups excluding carboxylic acids is 2. The van der Waals surface area contributed by atoms with E-state index in [1.807, 2.05) is 0 Å². The summed E-state index contributed by atoms with van der Waals surface area (Å²) in [6.45, 7) is -2.09. The lowest BCUT2D eigenvalue weighted by Crippen LogP contribution is -2.21. The molecular weight excluding hydrogens is 367 g/mol. The Labute approximate surface area is 152 Å². The number of aryl methyl sites for hydroxylation is 1. The third-order valence-corrected chi connectivity index (χ3v) is 3.41. The standard InChI is InChI=1S/C18H16F3NO5/c1-10-3-5-12(8-13(10)19)22-16(23)9-26-17(24)11-4-6-14(27-18(20)21)15(7-11)25-2/h3-8,18H,9H2,1-2H3,(H,22,23). The van der Waals surface area contributed by atoms with E-state index in [1.54, 1.807) is 6.92 Å². The van der Waals surface area contributed by atoms with Gasteiger partial charge in [-0.1, -0.05) is 6.07 Å². The number of halogens is 3. The molecule has 0 aromatic heterocycles. The van der Waals surface area contributed by atoms with Gasteiger partial charge in [0.15, 0.2) is 18.1 Å². The van der Waals surface area contributed by atoms with Gasteiger partial charge in [0, 0.05) is 5.69 Å². The van der Waals surface area contributed by atoms with Crippen LogP contribution in [0.25, 0.3) is 0 Å². The van der Waals surface area contributed by atoms with E-state index in [4.69, 9.17) is 9.47 Å². The zero-order chi connectivity index (χ0) is 20.0. The number of amides is 1. The number of rotatable bonds is 7. The summed E-state index contributed by atoms with van der Waals surface area (Å²) in [5.74, 6) is -2.37. The molecule has 0 fully saturated rings. The summed E-state index contributed by atoms with van der Waals surface area (Å²) in [6.07, 6.45) is 0. The lowest BCUT2D eigenvalue weighted by atomic mass is 10.2. The maximum Gasteiger partial charge on any atom is 0.387 e. The molecule has 0 bridgehead atoms. The maximum absolute atomic E-state index is 13.4. The minimum atomic E-state index is -3.05. The molecule has 0 atom stereocenters. The minimum Gasteiger partial charge on any atom is -0.493 e. The SMILES string of the molecule is COc1cc(C(=O)OCC(=O)Nc2ccc(C)c(F)c2)ccc1OC(F)F. The van der Waals surface area contributed by atoms with E-state index in [0.717, 1.165) is 18.2 Å². The van der Waals surface area contributed by atoms with E-state index in [2.05, 4.69) is 10.1 Å². The first-order valence-corrected chi connectivity index (χ1v) is 7.66. The molecule has 0 radical (unpaired) electrons. The fourth-order valence-corrected chi connectivity index (χ4v) is 2.07. The van der Waals surface area contributed by atoms with E-state index in [9.17, 15) is 22.8 Å². The van der Waals surface area contributed by atoms with Crippen LogP contribution in [0.4, 0.5) is 18.9 Å². The molecule has 0 spiro atoms. The van der Waals surface area contributed by atoms with Crippen molar-refractivity contribution >= 4 is 17.6 Å². The van der Waals surface area contributed by atoms with Crippen molar-refractivity contribution in [2.75, 3.05) is 19.0 Å². The number of benzene rings is 2. The second kappa shape index (κ2) is 8.93. The van der Waals surface area contributed by atoms with E-state index in [-0.39, 0.29) is 22.7 Å². The minimum absolute atomic E-state index is 0.0253. The van der Waals surface area contributed by atoms with Crippen molar-refractivity contribution < 1.29 is 37.0 Å². The van der Waals surface area contributed by atoms with Crippen molar-refractivity contribution in [2.45, 2.75) is 13.5 Å². The van der Waals surface area contributed by atoms with E-state index >= 15 is 0 Å². The predicted octanol–water partition coefficient (Wildman–Crippen LogP) is 3.54. The lowest BCUT2D eigenvalue weighted by molar-refractivity contribution is -0.119. The number of alkyl halides is 2. The predicted molar refractivity (Wildman–Crippen MR) is 89.7 cm³/mol. The summed E-state index contributed by atoms with van der Waals surface area (Å²) in [7, 11) is 1.22. The van der Waals surface area contributed by atoms with Gasteiger partial charge in [-0.15, -0.1) is 0 Å². The first-order valence-electron chi connectivity index (χ1n) is 7.66. The number of nitrogens with one attached hydrogen (secondary N) is 1. The van der Waals surface area contributed by atoms with Crippen molar-refractivity contribution in [3.8, 4) is 11.5 Å². The van der Waals surface area contributed by atoms with Crippen molar-refractivity contribution in [1.29, 1.82) is 0 Å². The van der Waals surface area contributed by atoms with Gasteiger partial charge >= 0.3 is 12.6 Å². The van der Waals surface area contributed by atoms with Gasteiger partial charge in [0.2, 0.25) is 0 Å². The fraction of sp³-hybridized carbons (Fsp3) is 0.222. The Kier molecular flexibility index (Phi) is 6.64. The molecule has 0 saturated heterocycles. The highest BCUT2D eigenvalue weighted by Crippen LogP contribution is 2.29. The summed E-state index contributed by atoms with van der Waals surface area (Å²) in [6, 6.07) is 7.60. The Bertz CT molecular complexity index is 842. The van der Waals surface area contributed by atoms with Crippen LogP contribution < -0.4 is 14.8 Å². The van der Waals surface area contributed by atoms with Crippen LogP contribution in [0.1, 0.15) is 15.9 Å². The molecule has 1 amide bonds. The molecule has 27 heavy (non-hydrogen) atoms. The van der Waals surface area contributed by atoms with E-state index in [1.165, 1.54) is 25.3 Å². The highest BCUT2D eigenvalue weighted by Gasteiger charge is 2.16. The Morgan fingerprint density at radius 3 is 2.48 bits per heavy atom. The van der Waals surface area contributed by atoms with Gasteiger partial charge in [0.1, 0.15) is 5.82 Å². The highest BCUT2D eigenvalue weighted by molar-refractivity contribution is 5.95. The van der Waals surface area contributed by atoms with Crippen LogP contribution >= 0.6 is 0 Å². The molecule has 0 saturated carbocycles. The van der Waals surface area contributed by atoms with Crippen LogP contribution in [0, 0.1) is 12.7 Å². The number of anilines is 1. The first kappa shape index (κ1) is 20.1. The van der Waals surface area contributed by atoms with Crippen LogP contribution in [-0.4, -0.2) is 32.2 Å². The molecule has 1 N–H and O–H groups in total. The smallest absolute Gasteiger partial charge is 0.387 e. The number of esters is 1. The van der Waals surface area contributed by atoms with Crippen molar-refractivity contribution in [1.82, 2.24) is 0 Å². The van der Waals surface area contributed by atoms with Gasteiger partial charge in [-0.2, -0.15) is 8.78 Å². The van der Waals surface area contributed by atoms with Crippen LogP contribution in [-0.2, 0) is 9.53 Å². The summed E-state index contributed by atoms with van der Waals surface area (Å²) >= 11 is 0. The number of methoxy groups -OCH3 is 1. The maximum atomic E-state index is 13.4. The van der Waals surface area contributed by atoms with E-state index < -0.39 is 30.9 Å². The quantitative estimate of drug-likeness (QED) is 0.741. The van der Waals surface area contributed by atoms with Gasteiger partial charge in [-0.3, -0.25) is 4.79 Å². The van der Waals surface area contributed by atoms with Crippen LogP contribution in [0.3, 0.4) is 0 Å². The van der Waals surface area contributed by atoms with Crippen molar-refractivity contribution in [3.63, 3.8) is 0 Å². The Balaban J connectivity index is 1.96. The molecule has 0 aliphatic carbocycles. The third kappa shape index (κ3) is 5.63. The normalized spacial score (nSPS) is 10.4. The molecule has 144 valence electrons. The molecule has 2 aromatic rings. The number of ether oxygens (including phenoxy) is 3. The average molecular weight is 383 g/mol. The van der Waals surface area contributed by atoms with Crippen LogP contribution in [0.15, 0.2) is 36.4 Å². The van der Waals surface area contributed by atoms with Gasteiger partial charge in [0.25, 0.3) is 5.91 Å². The highest BCUT2D eigenvalue weighted by atomic mass is 19.3. The molecule has 0 aliphatic heterocycles. The van der Waals surface area contributed by atoms with E-state index in [0.29, 0.717) is 5.56 Å². The third-order valence-electron chi connectivity index (χ3n) is 3.41. The Hall–Kier alpha value is -3.23. The van der Waals surface area contributed by atoms with Gasteiger partial charge < -0.3 is 19.5 Å². The monoisotopic (exact) mass is 383 g/mol. The molecule has 0 aliphatic rings. The first-order chi connectivity index (χ1) is 12.8. The largest absolute Gasteiger partial charge is 0.493 e. The molecule has 0 unspecified atom stereocenters. The van der Waals surface area contributed by atoms with Crippen molar-refractivity contribution in [2.24, 2.45) is 0 Å². The lowest BCUT2D eigenvalue weighted by Gasteiger charge is -2.11. The molecule has 6 nitrogen and oxygen atoms in total. The number of hydrogen-bond donors (Lipinski definition) is 1. The average Bonchev–Trinajstić information content (AvgIpc) is 2.62. The van der Waals surface area contributed by atoms with Crippen LogP contribution in [0.5, 0.6) is 11.5 Å². The zero-order valence-corrected chi connectivity index (χ0v) is 14.4. The summed E-state index contributed by atoms with van der Waals surface area (Å²) < 4.78 is 52.0. The van der Waals surface area contributed by atoms with Gasteiger partial charge in [-0.05, 0) is 42.8 Å². The Morgan fingerprint density at radius 2 is 1.85 bits per heavy atom. The number of carbonyl (C=O) groups is 2. The summed E-state index contributed by atoms with van der Waals surface area (Å²) in [5.41, 5.74) is 0.615. The second-order valence-electron chi connectivity index (χ2n) is 5.33.